The highest BCUT2D eigenvalue weighted by atomic mass is 79.9. The van der Waals surface area contributed by atoms with Gasteiger partial charge in [-0.1, -0.05) is 69.5 Å². The molecule has 1 spiro atoms. The molecule has 2 aliphatic rings. The highest BCUT2D eigenvalue weighted by Crippen LogP contribution is 2.61. The van der Waals surface area contributed by atoms with E-state index < -0.39 is 5.41 Å². The van der Waals surface area contributed by atoms with Crippen molar-refractivity contribution in [2.45, 2.75) is 19.3 Å². The Morgan fingerprint density at radius 1 is 0.567 bits per heavy atom. The Morgan fingerprint density at radius 3 is 1.70 bits per heavy atom. The van der Waals surface area contributed by atoms with Gasteiger partial charge >= 0.3 is 0 Å². The van der Waals surface area contributed by atoms with E-state index in [4.69, 9.17) is 9.47 Å². The highest BCUT2D eigenvalue weighted by Gasteiger charge is 2.50. The maximum absolute atomic E-state index is 6.42. The zero-order valence-corrected chi connectivity index (χ0v) is 18.3. The van der Waals surface area contributed by atoms with E-state index >= 15 is 0 Å². The van der Waals surface area contributed by atoms with Crippen LogP contribution in [-0.4, -0.2) is 0 Å². The second kappa shape index (κ2) is 6.23. The summed E-state index contributed by atoms with van der Waals surface area (Å²) in [5.41, 5.74) is 6.44. The van der Waals surface area contributed by atoms with E-state index in [1.165, 1.54) is 11.1 Å². The number of para-hydroxylation sites is 1. The number of halogens is 1. The van der Waals surface area contributed by atoms with Gasteiger partial charge in [-0.15, -0.1) is 0 Å². The summed E-state index contributed by atoms with van der Waals surface area (Å²) in [7, 11) is 0. The molecule has 0 saturated carbocycles. The van der Waals surface area contributed by atoms with E-state index in [1.54, 1.807) is 0 Å². The highest BCUT2D eigenvalue weighted by molar-refractivity contribution is 9.10. The standard InChI is InChI=1S/C27H19BrO2/c1-16-7-10-24-20(13-16)27(21-14-17(2)8-11-25(21)30-24)19-5-3-4-6-23(19)29-26-12-9-18(28)15-22(26)27/h3-15H,1-2H3. The number of ether oxygens (including phenoxy) is 2. The molecular formula is C27H19BrO2. The maximum Gasteiger partial charge on any atom is 0.132 e. The fraction of sp³-hybridized carbons (Fsp3) is 0.111. The minimum absolute atomic E-state index is 0.519. The third kappa shape index (κ3) is 2.30. The van der Waals surface area contributed by atoms with Gasteiger partial charge in [-0.3, -0.25) is 0 Å². The van der Waals surface area contributed by atoms with Crippen LogP contribution in [0, 0.1) is 13.8 Å². The van der Waals surface area contributed by atoms with Crippen LogP contribution in [0.5, 0.6) is 23.0 Å². The smallest absolute Gasteiger partial charge is 0.132 e. The molecule has 0 atom stereocenters. The molecule has 2 nitrogen and oxygen atoms in total. The van der Waals surface area contributed by atoms with Crippen molar-refractivity contribution in [2.24, 2.45) is 0 Å². The molecule has 0 fully saturated rings. The second-order valence-corrected chi connectivity index (χ2v) is 9.01. The van der Waals surface area contributed by atoms with E-state index in [9.17, 15) is 0 Å². The Kier molecular flexibility index (Phi) is 3.69. The summed E-state index contributed by atoms with van der Waals surface area (Å²) in [4.78, 5) is 0. The first-order valence-corrected chi connectivity index (χ1v) is 10.8. The van der Waals surface area contributed by atoms with Crippen LogP contribution >= 0.6 is 15.9 Å². The van der Waals surface area contributed by atoms with Crippen molar-refractivity contribution >= 4 is 15.9 Å². The molecular weight excluding hydrogens is 436 g/mol. The van der Waals surface area contributed by atoms with E-state index in [-0.39, 0.29) is 0 Å². The minimum Gasteiger partial charge on any atom is -0.457 e. The molecule has 30 heavy (non-hydrogen) atoms. The summed E-state index contributed by atoms with van der Waals surface area (Å²) >= 11 is 3.70. The Bertz CT molecular complexity index is 1220. The lowest BCUT2D eigenvalue weighted by molar-refractivity contribution is 0.399. The Labute approximate surface area is 184 Å². The van der Waals surface area contributed by atoms with Crippen molar-refractivity contribution in [1.82, 2.24) is 0 Å². The zero-order valence-electron chi connectivity index (χ0n) is 16.7. The molecule has 146 valence electrons. The predicted octanol–water partition coefficient (Wildman–Crippen LogP) is 7.66. The lowest BCUT2D eigenvalue weighted by Crippen LogP contribution is -2.37. The van der Waals surface area contributed by atoms with Crippen LogP contribution in [0.25, 0.3) is 0 Å². The average molecular weight is 455 g/mol. The van der Waals surface area contributed by atoms with Gasteiger partial charge in [-0.25, -0.2) is 0 Å². The number of rotatable bonds is 0. The number of fused-ring (bicyclic) bond motifs is 8. The van der Waals surface area contributed by atoms with Crippen LogP contribution in [-0.2, 0) is 5.41 Å². The first-order chi connectivity index (χ1) is 14.6. The van der Waals surface area contributed by atoms with Gasteiger partial charge in [0.1, 0.15) is 23.0 Å². The summed E-state index contributed by atoms with van der Waals surface area (Å²) < 4.78 is 13.8. The summed E-state index contributed by atoms with van der Waals surface area (Å²) in [6, 6.07) is 27.6. The van der Waals surface area contributed by atoms with E-state index in [0.29, 0.717) is 0 Å². The zero-order chi connectivity index (χ0) is 20.5. The molecule has 6 rings (SSSR count). The molecule has 0 aliphatic carbocycles. The summed E-state index contributed by atoms with van der Waals surface area (Å²) in [5.74, 6) is 3.53. The summed E-state index contributed by atoms with van der Waals surface area (Å²) in [6.45, 7) is 4.26. The molecule has 0 aromatic heterocycles. The van der Waals surface area contributed by atoms with E-state index in [0.717, 1.165) is 49.7 Å². The first-order valence-electron chi connectivity index (χ1n) is 10.0. The average Bonchev–Trinajstić information content (AvgIpc) is 2.75. The van der Waals surface area contributed by atoms with Gasteiger partial charge < -0.3 is 9.47 Å². The van der Waals surface area contributed by atoms with Gasteiger partial charge in [0, 0.05) is 26.7 Å². The molecule has 2 aliphatic heterocycles. The van der Waals surface area contributed by atoms with Crippen LogP contribution < -0.4 is 9.47 Å². The van der Waals surface area contributed by atoms with E-state index in [2.05, 4.69) is 96.5 Å². The van der Waals surface area contributed by atoms with Crippen LogP contribution in [0.1, 0.15) is 33.4 Å². The van der Waals surface area contributed by atoms with Gasteiger partial charge in [0.15, 0.2) is 0 Å². The lowest BCUT2D eigenvalue weighted by Gasteiger charge is -2.45. The summed E-state index contributed by atoms with van der Waals surface area (Å²) in [5, 5.41) is 0. The molecule has 0 saturated heterocycles. The van der Waals surface area contributed by atoms with Gasteiger partial charge in [-0.05, 0) is 50.2 Å². The topological polar surface area (TPSA) is 18.5 Å². The first kappa shape index (κ1) is 17.8. The number of benzene rings is 4. The monoisotopic (exact) mass is 454 g/mol. The predicted molar refractivity (Wildman–Crippen MR) is 122 cm³/mol. The van der Waals surface area contributed by atoms with Crippen molar-refractivity contribution in [2.75, 3.05) is 0 Å². The minimum atomic E-state index is -0.519. The SMILES string of the molecule is Cc1ccc2c(c1)C1(c3ccccc3Oc3ccc(Br)cc31)c1cc(C)ccc1O2. The second-order valence-electron chi connectivity index (χ2n) is 8.09. The third-order valence-corrected chi connectivity index (χ3v) is 6.65. The molecule has 2 heterocycles. The number of hydrogen-bond acceptors (Lipinski definition) is 2. The molecule has 0 N–H and O–H groups in total. The van der Waals surface area contributed by atoms with Gasteiger partial charge in [0.05, 0.1) is 5.41 Å². The molecule has 0 bridgehead atoms. The van der Waals surface area contributed by atoms with Gasteiger partial charge in [0.2, 0.25) is 0 Å². The normalized spacial score (nSPS) is 14.6. The molecule has 0 amide bonds. The van der Waals surface area contributed by atoms with Crippen LogP contribution in [0.4, 0.5) is 0 Å². The largest absolute Gasteiger partial charge is 0.457 e. The Morgan fingerprint density at radius 2 is 1.07 bits per heavy atom. The lowest BCUT2D eigenvalue weighted by atomic mass is 9.62. The molecule has 3 heteroatoms. The Hall–Kier alpha value is -3.04. The van der Waals surface area contributed by atoms with Crippen LogP contribution in [0.2, 0.25) is 0 Å². The quantitative estimate of drug-likeness (QED) is 0.234. The fourth-order valence-corrected chi connectivity index (χ4v) is 5.27. The number of hydrogen-bond donors (Lipinski definition) is 0. The number of aryl methyl sites for hydroxylation is 2. The van der Waals surface area contributed by atoms with Crippen LogP contribution in [0.15, 0.2) is 83.3 Å². The van der Waals surface area contributed by atoms with Gasteiger partial charge in [-0.2, -0.15) is 0 Å². The molecule has 4 aromatic rings. The van der Waals surface area contributed by atoms with Crippen molar-refractivity contribution in [3.8, 4) is 23.0 Å². The maximum atomic E-state index is 6.42. The Balaban J connectivity index is 1.86. The van der Waals surface area contributed by atoms with Gasteiger partial charge in [0.25, 0.3) is 0 Å². The molecule has 4 aromatic carbocycles. The summed E-state index contributed by atoms with van der Waals surface area (Å²) in [6.07, 6.45) is 0. The van der Waals surface area contributed by atoms with Crippen molar-refractivity contribution in [1.29, 1.82) is 0 Å². The molecule has 0 unspecified atom stereocenters. The van der Waals surface area contributed by atoms with Crippen molar-refractivity contribution in [3.05, 3.63) is 117 Å². The van der Waals surface area contributed by atoms with E-state index in [1.807, 2.05) is 12.1 Å². The van der Waals surface area contributed by atoms with Crippen molar-refractivity contribution < 1.29 is 9.47 Å². The van der Waals surface area contributed by atoms with Crippen LogP contribution in [0.3, 0.4) is 0 Å². The van der Waals surface area contributed by atoms with Crippen molar-refractivity contribution in [3.63, 3.8) is 0 Å². The fourth-order valence-electron chi connectivity index (χ4n) is 4.91. The molecule has 0 radical (unpaired) electrons. The third-order valence-electron chi connectivity index (χ3n) is 6.15.